The van der Waals surface area contributed by atoms with Gasteiger partial charge in [-0.05, 0) is 62.4 Å². The first-order chi connectivity index (χ1) is 12.7. The SMILES string of the molecule is CC(C)OC(=O)O.O=C(OOC(=O)c1ccc(Cl)cc1)c1ccc(Cl)cc1. The molecule has 2 aromatic carbocycles. The molecule has 27 heavy (non-hydrogen) atoms. The molecule has 0 amide bonds. The van der Waals surface area contributed by atoms with Crippen LogP contribution in [0.1, 0.15) is 34.6 Å². The summed E-state index contributed by atoms with van der Waals surface area (Å²) in [4.78, 5) is 41.7. The largest absolute Gasteiger partial charge is 0.506 e. The third-order valence-corrected chi connectivity index (χ3v) is 3.19. The number of halogens is 2. The summed E-state index contributed by atoms with van der Waals surface area (Å²) < 4.78 is 4.17. The lowest BCUT2D eigenvalue weighted by Gasteiger charge is -2.03. The predicted molar refractivity (Wildman–Crippen MR) is 98.0 cm³/mol. The van der Waals surface area contributed by atoms with Crippen LogP contribution in [0.15, 0.2) is 48.5 Å². The number of carboxylic acid groups (broad SMARTS) is 1. The Hall–Kier alpha value is -2.77. The van der Waals surface area contributed by atoms with E-state index >= 15 is 0 Å². The van der Waals surface area contributed by atoms with Crippen molar-refractivity contribution in [2.75, 3.05) is 0 Å². The minimum Gasteiger partial charge on any atom is -0.450 e. The Labute approximate surface area is 165 Å². The highest BCUT2D eigenvalue weighted by Crippen LogP contribution is 2.12. The Bertz CT molecular complexity index is 714. The minimum atomic E-state index is -1.21. The first kappa shape index (κ1) is 22.3. The maximum absolute atomic E-state index is 11.6. The van der Waals surface area contributed by atoms with Crippen molar-refractivity contribution in [2.24, 2.45) is 0 Å². The molecular formula is C18H16Cl2O7. The van der Waals surface area contributed by atoms with Crippen LogP contribution in [-0.4, -0.2) is 29.3 Å². The van der Waals surface area contributed by atoms with Crippen molar-refractivity contribution in [3.05, 3.63) is 69.7 Å². The zero-order chi connectivity index (χ0) is 20.4. The first-order valence-electron chi connectivity index (χ1n) is 7.53. The average molecular weight is 415 g/mol. The lowest BCUT2D eigenvalue weighted by atomic mass is 10.2. The molecule has 0 aliphatic carbocycles. The van der Waals surface area contributed by atoms with Gasteiger partial charge in [0.05, 0.1) is 17.2 Å². The molecule has 9 heteroatoms. The van der Waals surface area contributed by atoms with E-state index in [0.29, 0.717) is 10.0 Å². The van der Waals surface area contributed by atoms with Crippen molar-refractivity contribution in [1.82, 2.24) is 0 Å². The van der Waals surface area contributed by atoms with Crippen LogP contribution in [0.3, 0.4) is 0 Å². The number of hydrogen-bond acceptors (Lipinski definition) is 6. The smallest absolute Gasteiger partial charge is 0.450 e. The van der Waals surface area contributed by atoms with E-state index in [2.05, 4.69) is 14.5 Å². The van der Waals surface area contributed by atoms with E-state index in [1.165, 1.54) is 48.5 Å². The molecule has 7 nitrogen and oxygen atoms in total. The lowest BCUT2D eigenvalue weighted by molar-refractivity contribution is -0.187. The van der Waals surface area contributed by atoms with Gasteiger partial charge in [-0.2, -0.15) is 0 Å². The Morgan fingerprint density at radius 3 is 1.33 bits per heavy atom. The van der Waals surface area contributed by atoms with Gasteiger partial charge in [0.2, 0.25) is 0 Å². The highest BCUT2D eigenvalue weighted by Gasteiger charge is 2.13. The fourth-order valence-electron chi connectivity index (χ4n) is 1.55. The van der Waals surface area contributed by atoms with Gasteiger partial charge in [-0.1, -0.05) is 23.2 Å². The summed E-state index contributed by atoms with van der Waals surface area (Å²) in [6, 6.07) is 11.9. The fourth-order valence-corrected chi connectivity index (χ4v) is 1.80. The zero-order valence-electron chi connectivity index (χ0n) is 14.3. The van der Waals surface area contributed by atoms with Gasteiger partial charge in [0, 0.05) is 10.0 Å². The van der Waals surface area contributed by atoms with Gasteiger partial charge in [-0.15, -0.1) is 0 Å². The third-order valence-electron chi connectivity index (χ3n) is 2.69. The second-order valence-electron chi connectivity index (χ2n) is 5.19. The van der Waals surface area contributed by atoms with Crippen LogP contribution in [0.4, 0.5) is 4.79 Å². The van der Waals surface area contributed by atoms with Gasteiger partial charge in [0.25, 0.3) is 0 Å². The quantitative estimate of drug-likeness (QED) is 0.427. The third kappa shape index (κ3) is 8.94. The van der Waals surface area contributed by atoms with Crippen molar-refractivity contribution >= 4 is 41.3 Å². The molecule has 0 unspecified atom stereocenters. The van der Waals surface area contributed by atoms with Crippen LogP contribution in [0.25, 0.3) is 0 Å². The topological polar surface area (TPSA) is 99.1 Å². The first-order valence-corrected chi connectivity index (χ1v) is 8.28. The summed E-state index contributed by atoms with van der Waals surface area (Å²) in [6.07, 6.45) is -1.44. The molecule has 0 radical (unpaired) electrons. The van der Waals surface area contributed by atoms with E-state index in [9.17, 15) is 14.4 Å². The van der Waals surface area contributed by atoms with Crippen molar-refractivity contribution < 1.29 is 34.0 Å². The van der Waals surface area contributed by atoms with E-state index in [-0.39, 0.29) is 17.2 Å². The summed E-state index contributed by atoms with van der Waals surface area (Å²) >= 11 is 11.4. The van der Waals surface area contributed by atoms with E-state index in [4.69, 9.17) is 28.3 Å². The van der Waals surface area contributed by atoms with Gasteiger partial charge < -0.3 is 9.84 Å². The molecule has 1 N–H and O–H groups in total. The number of benzene rings is 2. The van der Waals surface area contributed by atoms with Crippen LogP contribution in [-0.2, 0) is 14.5 Å². The molecule has 0 saturated heterocycles. The molecule has 0 fully saturated rings. The summed E-state index contributed by atoms with van der Waals surface area (Å²) in [5.74, 6) is -1.58. The lowest BCUT2D eigenvalue weighted by Crippen LogP contribution is -2.11. The molecule has 0 aromatic heterocycles. The van der Waals surface area contributed by atoms with Crippen molar-refractivity contribution in [2.45, 2.75) is 20.0 Å². The predicted octanol–water partition coefficient (Wildman–Crippen LogP) is 5.01. The average Bonchev–Trinajstić information content (AvgIpc) is 2.60. The maximum atomic E-state index is 11.6. The van der Waals surface area contributed by atoms with Gasteiger partial charge in [0.1, 0.15) is 0 Å². The van der Waals surface area contributed by atoms with Crippen molar-refractivity contribution in [1.29, 1.82) is 0 Å². The monoisotopic (exact) mass is 414 g/mol. The van der Waals surface area contributed by atoms with Gasteiger partial charge >= 0.3 is 18.1 Å². The van der Waals surface area contributed by atoms with E-state index in [1.54, 1.807) is 13.8 Å². The normalized spacial score (nSPS) is 9.67. The Balaban J connectivity index is 0.000000445. The van der Waals surface area contributed by atoms with E-state index < -0.39 is 18.1 Å². The number of carbonyl (C=O) groups is 3. The molecule has 0 aliphatic heterocycles. The molecule has 0 atom stereocenters. The molecule has 0 saturated carbocycles. The highest BCUT2D eigenvalue weighted by molar-refractivity contribution is 6.31. The summed E-state index contributed by atoms with van der Waals surface area (Å²) in [5, 5.41) is 8.83. The van der Waals surface area contributed by atoms with E-state index in [0.717, 1.165) is 0 Å². The van der Waals surface area contributed by atoms with Gasteiger partial charge in [-0.3, -0.25) is 0 Å². The molecule has 2 aromatic rings. The Morgan fingerprint density at radius 1 is 0.778 bits per heavy atom. The zero-order valence-corrected chi connectivity index (χ0v) is 15.9. The second-order valence-corrected chi connectivity index (χ2v) is 6.06. The highest BCUT2D eigenvalue weighted by atomic mass is 35.5. The van der Waals surface area contributed by atoms with Crippen LogP contribution in [0.5, 0.6) is 0 Å². The van der Waals surface area contributed by atoms with Crippen LogP contribution in [0, 0.1) is 0 Å². The van der Waals surface area contributed by atoms with Crippen LogP contribution >= 0.6 is 23.2 Å². The molecule has 0 spiro atoms. The molecular weight excluding hydrogens is 399 g/mol. The summed E-state index contributed by atoms with van der Waals surface area (Å²) in [7, 11) is 0. The van der Waals surface area contributed by atoms with Crippen molar-refractivity contribution in [3.8, 4) is 0 Å². The fraction of sp³-hybridized carbons (Fsp3) is 0.167. The molecule has 0 bridgehead atoms. The van der Waals surface area contributed by atoms with Crippen LogP contribution < -0.4 is 0 Å². The van der Waals surface area contributed by atoms with Crippen LogP contribution in [0.2, 0.25) is 10.0 Å². The maximum Gasteiger partial charge on any atom is 0.506 e. The van der Waals surface area contributed by atoms with E-state index in [1.807, 2.05) is 0 Å². The van der Waals surface area contributed by atoms with Crippen molar-refractivity contribution in [3.63, 3.8) is 0 Å². The number of carbonyl (C=O) groups excluding carboxylic acids is 2. The molecule has 0 heterocycles. The second kappa shape index (κ2) is 11.1. The van der Waals surface area contributed by atoms with Gasteiger partial charge in [-0.25, -0.2) is 24.2 Å². The standard InChI is InChI=1S/C14H8Cl2O4.C4H8O3/c15-11-5-1-9(2-6-11)13(17)19-20-14(18)10-3-7-12(16)8-4-10;1-3(2)7-4(5)6/h1-8H;3H,1-2H3,(H,5,6). The Kier molecular flexibility index (Phi) is 9.12. The molecule has 2 rings (SSSR count). The molecule has 0 aliphatic rings. The summed E-state index contributed by atoms with van der Waals surface area (Å²) in [5.41, 5.74) is 0.441. The molecule has 144 valence electrons. The summed E-state index contributed by atoms with van der Waals surface area (Å²) in [6.45, 7) is 3.32. The number of hydrogen-bond donors (Lipinski definition) is 1. The Morgan fingerprint density at radius 2 is 1.11 bits per heavy atom. The number of rotatable bonds is 3. The van der Waals surface area contributed by atoms with Gasteiger partial charge in [0.15, 0.2) is 0 Å². The number of ether oxygens (including phenoxy) is 1. The minimum absolute atomic E-state index is 0.221.